The van der Waals surface area contributed by atoms with Gasteiger partial charge in [-0.1, -0.05) is 48.3 Å². The van der Waals surface area contributed by atoms with Crippen LogP contribution in [0.2, 0.25) is 0 Å². The van der Waals surface area contributed by atoms with Crippen LogP contribution in [0.3, 0.4) is 0 Å². The summed E-state index contributed by atoms with van der Waals surface area (Å²) in [6, 6.07) is 16.9. The summed E-state index contributed by atoms with van der Waals surface area (Å²) in [4.78, 5) is 12.5. The third-order valence-corrected chi connectivity index (χ3v) is 6.04. The van der Waals surface area contributed by atoms with Gasteiger partial charge in [0.15, 0.2) is 5.83 Å². The molecule has 3 aromatic rings. The first-order chi connectivity index (χ1) is 16.0. The minimum atomic E-state index is -3.98. The number of anilines is 1. The van der Waals surface area contributed by atoms with Gasteiger partial charge in [0.25, 0.3) is 5.91 Å². The van der Waals surface area contributed by atoms with E-state index in [0.717, 1.165) is 0 Å². The molecule has 0 radical (unpaired) electrons. The fraction of sp³-hybridized carbons (Fsp3) is 0.0833. The second-order valence-corrected chi connectivity index (χ2v) is 8.85. The SMILES string of the molecule is COc1cc(-c2ccccc2S(N)(=O)=O)ccc1NC(=O)/C(F)=C(/C)c1cccc(C(=[N-])N)c1.[Li+]. The summed E-state index contributed by atoms with van der Waals surface area (Å²) < 4.78 is 44.1. The van der Waals surface area contributed by atoms with Crippen molar-refractivity contribution in [1.82, 2.24) is 0 Å². The van der Waals surface area contributed by atoms with E-state index >= 15 is 0 Å². The summed E-state index contributed by atoms with van der Waals surface area (Å²) in [5, 5.41) is 17.2. The van der Waals surface area contributed by atoms with Crippen molar-refractivity contribution in [2.24, 2.45) is 10.9 Å². The molecule has 0 unspecified atom stereocenters. The summed E-state index contributed by atoms with van der Waals surface area (Å²) in [6.45, 7) is 1.42. The normalized spacial score (nSPS) is 11.7. The molecule has 0 saturated heterocycles. The van der Waals surface area contributed by atoms with Crippen LogP contribution >= 0.6 is 0 Å². The maximum Gasteiger partial charge on any atom is 1.00 e. The number of amides is 1. The molecule has 0 aliphatic carbocycles. The van der Waals surface area contributed by atoms with Crippen LogP contribution in [0, 0.1) is 0 Å². The number of rotatable bonds is 7. The number of halogens is 1. The molecule has 176 valence electrons. The first-order valence-electron chi connectivity index (χ1n) is 9.93. The number of ether oxygens (including phenoxy) is 1. The average Bonchev–Trinajstić information content (AvgIpc) is 2.82. The fourth-order valence-electron chi connectivity index (χ4n) is 3.30. The molecule has 0 aliphatic rings. The Balaban J connectivity index is 0.00000432. The first-order valence-corrected chi connectivity index (χ1v) is 11.5. The molecule has 11 heteroatoms. The van der Waals surface area contributed by atoms with Gasteiger partial charge in [-0.3, -0.25) is 4.79 Å². The van der Waals surface area contributed by atoms with Gasteiger partial charge in [-0.2, -0.15) is 0 Å². The summed E-state index contributed by atoms with van der Waals surface area (Å²) >= 11 is 0. The van der Waals surface area contributed by atoms with Crippen LogP contribution in [0.5, 0.6) is 5.75 Å². The number of sulfonamides is 1. The molecule has 5 N–H and O–H groups in total. The number of allylic oxidation sites excluding steroid dienone is 1. The number of benzene rings is 3. The van der Waals surface area contributed by atoms with Crippen molar-refractivity contribution >= 4 is 33.0 Å². The molecule has 0 bridgehead atoms. The summed E-state index contributed by atoms with van der Waals surface area (Å²) in [6.07, 6.45) is 0. The van der Waals surface area contributed by atoms with Crippen molar-refractivity contribution in [2.45, 2.75) is 11.8 Å². The van der Waals surface area contributed by atoms with Crippen molar-refractivity contribution in [2.75, 3.05) is 12.4 Å². The number of amidine groups is 1. The van der Waals surface area contributed by atoms with Gasteiger partial charge in [-0.25, -0.2) is 17.9 Å². The molecule has 0 aliphatic heterocycles. The maximum atomic E-state index is 14.9. The van der Waals surface area contributed by atoms with E-state index in [2.05, 4.69) is 5.32 Å². The summed E-state index contributed by atoms with van der Waals surface area (Å²) in [5.41, 5.74) is 7.07. The van der Waals surface area contributed by atoms with Crippen LogP contribution in [0.1, 0.15) is 18.1 Å². The van der Waals surface area contributed by atoms with Gasteiger partial charge in [-0.15, -0.1) is 0 Å². The largest absolute Gasteiger partial charge is 1.00 e. The van der Waals surface area contributed by atoms with Crippen molar-refractivity contribution in [1.29, 1.82) is 0 Å². The molecule has 0 aromatic heterocycles. The van der Waals surface area contributed by atoms with Gasteiger partial charge in [0.1, 0.15) is 5.75 Å². The smallest absolute Gasteiger partial charge is 0.495 e. The third-order valence-electron chi connectivity index (χ3n) is 5.07. The van der Waals surface area contributed by atoms with Gasteiger partial charge < -0.3 is 21.2 Å². The molecule has 0 heterocycles. The number of nitrogens with one attached hydrogen (secondary N) is 1. The zero-order valence-corrected chi connectivity index (χ0v) is 20.2. The van der Waals surface area contributed by atoms with Crippen LogP contribution in [-0.2, 0) is 14.8 Å². The number of nitrogens with zero attached hydrogens (tertiary/aromatic N) is 1. The van der Waals surface area contributed by atoms with Crippen molar-refractivity contribution in [3.63, 3.8) is 0 Å². The predicted octanol–water partition coefficient (Wildman–Crippen LogP) is 0.628. The second-order valence-electron chi connectivity index (χ2n) is 7.32. The van der Waals surface area contributed by atoms with E-state index in [9.17, 15) is 23.0 Å². The molecular weight excluding hydrogens is 466 g/mol. The number of methoxy groups -OCH3 is 1. The Morgan fingerprint density at radius 3 is 2.31 bits per heavy atom. The van der Waals surface area contributed by atoms with E-state index < -0.39 is 27.6 Å². The predicted molar refractivity (Wildman–Crippen MR) is 130 cm³/mol. The number of hydrogen-bond acceptors (Lipinski definition) is 4. The van der Waals surface area contributed by atoms with Crippen LogP contribution < -0.4 is 39.8 Å². The Bertz CT molecular complexity index is 1420. The van der Waals surface area contributed by atoms with Crippen LogP contribution in [0.4, 0.5) is 10.1 Å². The van der Waals surface area contributed by atoms with Crippen molar-refractivity contribution < 1.29 is 41.2 Å². The molecule has 0 spiro atoms. The Hall–Kier alpha value is -3.42. The van der Waals surface area contributed by atoms with E-state index in [0.29, 0.717) is 22.3 Å². The van der Waals surface area contributed by atoms with E-state index in [-0.39, 0.29) is 40.8 Å². The van der Waals surface area contributed by atoms with Gasteiger partial charge in [0.05, 0.1) is 17.7 Å². The van der Waals surface area contributed by atoms with Gasteiger partial charge >= 0.3 is 18.9 Å². The van der Waals surface area contributed by atoms with Gasteiger partial charge in [0.2, 0.25) is 10.0 Å². The molecule has 35 heavy (non-hydrogen) atoms. The van der Waals surface area contributed by atoms with Gasteiger partial charge in [-0.05, 0) is 53.5 Å². The molecule has 3 aromatic carbocycles. The van der Waals surface area contributed by atoms with Gasteiger partial charge in [0, 0.05) is 5.56 Å². The Morgan fingerprint density at radius 1 is 1.03 bits per heavy atom. The first kappa shape index (κ1) is 27.8. The molecule has 0 fully saturated rings. The Morgan fingerprint density at radius 2 is 1.69 bits per heavy atom. The number of carbonyl (C=O) groups excluding carboxylic acids is 1. The summed E-state index contributed by atoms with van der Waals surface area (Å²) in [5.74, 6) is -2.29. The fourth-order valence-corrected chi connectivity index (χ4v) is 4.06. The van der Waals surface area contributed by atoms with Crippen LogP contribution in [-0.4, -0.2) is 27.3 Å². The standard InChI is InChI=1S/C24H22FN4O4S.Li/c1-14(15-6-5-7-17(12-15)23(26)27)22(25)24(30)29-19-11-10-16(13-20(19)33-2)18-8-3-4-9-21(18)34(28,31)32;/h3-13H,1-2H3,(H5-,26,27,28,29,30,31,32);/q-1;+1/b22-14+;. The second kappa shape index (κ2) is 11.3. The minimum absolute atomic E-state index is 0. The molecule has 0 saturated carbocycles. The topological polar surface area (TPSA) is 147 Å². The number of nitrogens with two attached hydrogens (primary N) is 2. The minimum Gasteiger partial charge on any atom is -0.495 e. The molecule has 8 nitrogen and oxygen atoms in total. The number of hydrogen-bond donors (Lipinski definition) is 3. The van der Waals surface area contributed by atoms with Crippen LogP contribution in [0.15, 0.2) is 77.5 Å². The zero-order valence-electron chi connectivity index (χ0n) is 19.4. The van der Waals surface area contributed by atoms with E-state index in [4.69, 9.17) is 15.6 Å². The Kier molecular flexibility index (Phi) is 9.01. The number of primary sulfonamides is 1. The Labute approximate surface area is 214 Å². The van der Waals surface area contributed by atoms with Crippen molar-refractivity contribution in [3.05, 3.63) is 89.1 Å². The summed E-state index contributed by atoms with van der Waals surface area (Å²) in [7, 11) is -2.62. The van der Waals surface area contributed by atoms with Crippen molar-refractivity contribution in [3.8, 4) is 16.9 Å². The zero-order chi connectivity index (χ0) is 25.0. The van der Waals surface area contributed by atoms with Crippen LogP contribution in [0.25, 0.3) is 22.1 Å². The quantitative estimate of drug-likeness (QED) is 0.193. The molecular formula is C24H22FLiN4O4S. The van der Waals surface area contributed by atoms with E-state index in [1.807, 2.05) is 0 Å². The molecule has 3 rings (SSSR count). The monoisotopic (exact) mass is 488 g/mol. The molecule has 0 atom stereocenters. The molecule has 1 amide bonds. The third kappa shape index (κ3) is 6.38. The van der Waals surface area contributed by atoms with E-state index in [1.54, 1.807) is 42.5 Å². The number of carbonyl (C=O) groups is 1. The average molecular weight is 488 g/mol. The maximum absolute atomic E-state index is 14.9. The van der Waals surface area contributed by atoms with E-state index in [1.165, 1.54) is 38.3 Å².